The van der Waals surface area contributed by atoms with Gasteiger partial charge in [-0.15, -0.1) is 0 Å². The van der Waals surface area contributed by atoms with Gasteiger partial charge in [-0.1, -0.05) is 6.92 Å². The molecule has 0 saturated carbocycles. The third-order valence-corrected chi connectivity index (χ3v) is 1.85. The van der Waals surface area contributed by atoms with Crippen molar-refractivity contribution in [1.82, 2.24) is 5.32 Å². The van der Waals surface area contributed by atoms with Crippen molar-refractivity contribution in [3.05, 3.63) is 0 Å². The molecule has 10 heavy (non-hydrogen) atoms. The Bertz CT molecular complexity index is 129. The Morgan fingerprint density at radius 1 is 1.70 bits per heavy atom. The molecule has 0 amide bonds. The maximum atomic E-state index is 12.5. The highest BCUT2D eigenvalue weighted by Crippen LogP contribution is 2.26. The van der Waals surface area contributed by atoms with Crippen LogP contribution in [0.15, 0.2) is 0 Å². The van der Waals surface area contributed by atoms with Crippen molar-refractivity contribution in [2.45, 2.75) is 31.4 Å². The Hall–Kier alpha value is -0.220. The molecule has 0 unspecified atom stereocenters. The predicted octanol–water partition coefficient (Wildman–Crippen LogP) is 0.364. The van der Waals surface area contributed by atoms with E-state index >= 15 is 0 Å². The third-order valence-electron chi connectivity index (χ3n) is 1.85. The van der Waals surface area contributed by atoms with Crippen LogP contribution in [0, 0.1) is 0 Å². The van der Waals surface area contributed by atoms with Gasteiger partial charge in [-0.05, 0) is 6.42 Å². The smallest absolute Gasteiger partial charge is 0.287 e. The number of hydrogen-bond acceptors (Lipinski definition) is 2. The van der Waals surface area contributed by atoms with E-state index in [-0.39, 0.29) is 0 Å². The number of alkyl halides is 2. The summed E-state index contributed by atoms with van der Waals surface area (Å²) in [7, 11) is 0. The Morgan fingerprint density at radius 3 is 2.50 bits per heavy atom. The van der Waals surface area contributed by atoms with Crippen molar-refractivity contribution in [1.29, 1.82) is 0 Å². The summed E-state index contributed by atoms with van der Waals surface area (Å²) >= 11 is 0. The second-order valence-corrected chi connectivity index (χ2v) is 2.60. The van der Waals surface area contributed by atoms with E-state index in [0.717, 1.165) is 0 Å². The molecule has 0 radical (unpaired) electrons. The van der Waals surface area contributed by atoms with Gasteiger partial charge in [0.15, 0.2) is 0 Å². The van der Waals surface area contributed by atoms with Gasteiger partial charge >= 0.3 is 0 Å². The van der Waals surface area contributed by atoms with Crippen molar-refractivity contribution in [2.24, 2.45) is 0 Å². The lowest BCUT2D eigenvalue weighted by molar-refractivity contribution is -0.0807. The first-order valence-electron chi connectivity index (χ1n) is 3.37. The Balaban J connectivity index is 2.58. The van der Waals surface area contributed by atoms with E-state index in [1.165, 1.54) is 0 Å². The number of aliphatic hydroxyl groups is 1. The van der Waals surface area contributed by atoms with Crippen molar-refractivity contribution in [2.75, 3.05) is 6.54 Å². The summed E-state index contributed by atoms with van der Waals surface area (Å²) < 4.78 is 24.9. The maximum absolute atomic E-state index is 12.5. The van der Waals surface area contributed by atoms with Gasteiger partial charge in [0.05, 0.1) is 6.54 Å². The second kappa shape index (κ2) is 2.43. The Labute approximate surface area is 58.2 Å². The minimum Gasteiger partial charge on any atom is -0.385 e. The molecule has 0 aromatic rings. The molecule has 60 valence electrons. The first kappa shape index (κ1) is 7.88. The fraction of sp³-hybridized carbons (Fsp3) is 1.00. The van der Waals surface area contributed by atoms with E-state index in [4.69, 9.17) is 5.11 Å². The summed E-state index contributed by atoms with van der Waals surface area (Å²) in [4.78, 5) is 0. The van der Waals surface area contributed by atoms with Crippen molar-refractivity contribution in [3.63, 3.8) is 0 Å². The zero-order chi connectivity index (χ0) is 7.78. The van der Waals surface area contributed by atoms with Crippen LogP contribution in [0.5, 0.6) is 0 Å². The molecule has 1 saturated heterocycles. The Morgan fingerprint density at radius 2 is 2.30 bits per heavy atom. The summed E-state index contributed by atoms with van der Waals surface area (Å²) in [5.41, 5.74) is 0. The molecule has 4 heteroatoms. The molecule has 0 spiro atoms. The molecule has 1 rings (SSSR count). The molecular weight excluding hydrogens is 140 g/mol. The summed E-state index contributed by atoms with van der Waals surface area (Å²) in [6.45, 7) is 1.37. The van der Waals surface area contributed by atoms with Crippen LogP contribution in [-0.2, 0) is 0 Å². The largest absolute Gasteiger partial charge is 0.385 e. The van der Waals surface area contributed by atoms with E-state index in [1.807, 2.05) is 0 Å². The van der Waals surface area contributed by atoms with E-state index in [0.29, 0.717) is 6.42 Å². The fourth-order valence-electron chi connectivity index (χ4n) is 1.15. The van der Waals surface area contributed by atoms with Crippen LogP contribution < -0.4 is 5.32 Å². The standard InChI is InChI=1S/C6H11F2NO/c1-2-4-5(10)6(7,8)3-9-4/h4-5,9-10H,2-3H2,1H3/t4-,5+/m0/s1. The van der Waals surface area contributed by atoms with Crippen LogP contribution in [0.2, 0.25) is 0 Å². The molecule has 0 aliphatic carbocycles. The average Bonchev–Trinajstić information content (AvgIpc) is 2.10. The van der Waals surface area contributed by atoms with Gasteiger partial charge in [0.2, 0.25) is 0 Å². The highest BCUT2D eigenvalue weighted by molar-refractivity contribution is 4.95. The lowest BCUT2D eigenvalue weighted by Gasteiger charge is -2.15. The number of aliphatic hydroxyl groups excluding tert-OH is 1. The molecule has 2 atom stereocenters. The summed E-state index contributed by atoms with van der Waals surface area (Å²) in [6, 6.07) is -0.435. The van der Waals surface area contributed by atoms with Gasteiger partial charge in [-0.3, -0.25) is 0 Å². The molecule has 0 aromatic heterocycles. The van der Waals surface area contributed by atoms with Crippen LogP contribution in [-0.4, -0.2) is 29.7 Å². The monoisotopic (exact) mass is 151 g/mol. The van der Waals surface area contributed by atoms with Crippen LogP contribution in [0.3, 0.4) is 0 Å². The van der Waals surface area contributed by atoms with Crippen LogP contribution in [0.25, 0.3) is 0 Å². The van der Waals surface area contributed by atoms with Crippen molar-refractivity contribution >= 4 is 0 Å². The van der Waals surface area contributed by atoms with Crippen LogP contribution >= 0.6 is 0 Å². The van der Waals surface area contributed by atoms with Gasteiger partial charge in [0.25, 0.3) is 5.92 Å². The van der Waals surface area contributed by atoms with E-state index in [9.17, 15) is 8.78 Å². The van der Waals surface area contributed by atoms with Gasteiger partial charge in [-0.2, -0.15) is 0 Å². The first-order chi connectivity index (χ1) is 4.58. The van der Waals surface area contributed by atoms with E-state index in [2.05, 4.69) is 5.32 Å². The van der Waals surface area contributed by atoms with Gasteiger partial charge in [-0.25, -0.2) is 8.78 Å². The molecular formula is C6H11F2NO. The minimum absolute atomic E-state index is 0.396. The second-order valence-electron chi connectivity index (χ2n) is 2.60. The fourth-order valence-corrected chi connectivity index (χ4v) is 1.15. The molecule has 2 nitrogen and oxygen atoms in total. The normalized spacial score (nSPS) is 38.4. The van der Waals surface area contributed by atoms with Gasteiger partial charge < -0.3 is 10.4 Å². The molecule has 1 aliphatic heterocycles. The summed E-state index contributed by atoms with van der Waals surface area (Å²) in [5.74, 6) is -2.93. The summed E-state index contributed by atoms with van der Waals surface area (Å²) in [6.07, 6.45) is -0.964. The first-order valence-corrected chi connectivity index (χ1v) is 3.37. The quantitative estimate of drug-likeness (QED) is 0.567. The number of halogens is 2. The molecule has 1 fully saturated rings. The van der Waals surface area contributed by atoms with Gasteiger partial charge in [0, 0.05) is 6.04 Å². The van der Waals surface area contributed by atoms with E-state index in [1.54, 1.807) is 6.92 Å². The summed E-state index contributed by atoms with van der Waals surface area (Å²) in [5, 5.41) is 11.5. The lowest BCUT2D eigenvalue weighted by Crippen LogP contribution is -2.36. The lowest BCUT2D eigenvalue weighted by atomic mass is 10.1. The highest BCUT2D eigenvalue weighted by atomic mass is 19.3. The molecule has 0 aromatic carbocycles. The highest BCUT2D eigenvalue weighted by Gasteiger charge is 2.48. The molecule has 1 aliphatic rings. The minimum atomic E-state index is -2.93. The third kappa shape index (κ3) is 1.13. The van der Waals surface area contributed by atoms with Crippen molar-refractivity contribution in [3.8, 4) is 0 Å². The zero-order valence-electron chi connectivity index (χ0n) is 5.77. The predicted molar refractivity (Wildman–Crippen MR) is 33.0 cm³/mol. The molecule has 1 heterocycles. The number of nitrogens with one attached hydrogen (secondary N) is 1. The van der Waals surface area contributed by atoms with Crippen LogP contribution in [0.4, 0.5) is 8.78 Å². The average molecular weight is 151 g/mol. The SMILES string of the molecule is CC[C@@H]1NCC(F)(F)[C@@H]1O. The van der Waals surface area contributed by atoms with Crippen molar-refractivity contribution < 1.29 is 13.9 Å². The Kier molecular flexibility index (Phi) is 1.92. The van der Waals surface area contributed by atoms with E-state index < -0.39 is 24.6 Å². The molecule has 0 bridgehead atoms. The number of rotatable bonds is 1. The zero-order valence-corrected chi connectivity index (χ0v) is 5.77. The van der Waals surface area contributed by atoms with Crippen LogP contribution in [0.1, 0.15) is 13.3 Å². The molecule has 2 N–H and O–H groups in total. The van der Waals surface area contributed by atoms with Gasteiger partial charge in [0.1, 0.15) is 6.10 Å². The topological polar surface area (TPSA) is 32.3 Å². The maximum Gasteiger partial charge on any atom is 0.287 e. The number of hydrogen-bond donors (Lipinski definition) is 2.